The van der Waals surface area contributed by atoms with Crippen LogP contribution in [0.2, 0.25) is 0 Å². The van der Waals surface area contributed by atoms with Crippen LogP contribution in [0, 0.1) is 39.8 Å². The maximum atomic E-state index is 6.53. The van der Waals surface area contributed by atoms with Crippen LogP contribution in [0.25, 0.3) is 77.3 Å². The Balaban J connectivity index is 0.00000360. The zero-order chi connectivity index (χ0) is 34.4. The third kappa shape index (κ3) is 4.78. The molecule has 0 radical (unpaired) electrons. The number of aromatic nitrogens is 5. The molecule has 6 nitrogen and oxygen atoms in total. The van der Waals surface area contributed by atoms with E-state index in [1.807, 2.05) is 30.7 Å². The first-order valence-corrected chi connectivity index (χ1v) is 17.1. The molecule has 0 aliphatic carbocycles. The second-order valence-corrected chi connectivity index (χ2v) is 13.4. The third-order valence-corrected chi connectivity index (χ3v) is 10.2. The van der Waals surface area contributed by atoms with E-state index < -0.39 is 0 Å². The van der Waals surface area contributed by atoms with Crippen molar-refractivity contribution in [1.82, 2.24) is 23.8 Å². The summed E-state index contributed by atoms with van der Waals surface area (Å²) in [6, 6.07) is 40.7. The molecule has 0 aliphatic rings. The molecular weight excluding hydrogens is 822 g/mol. The summed E-state index contributed by atoms with van der Waals surface area (Å²) < 4.78 is 10.8. The van der Waals surface area contributed by atoms with Gasteiger partial charge in [-0.25, -0.2) is 4.98 Å². The molecule has 52 heavy (non-hydrogen) atoms. The van der Waals surface area contributed by atoms with Gasteiger partial charge in [0.05, 0.1) is 22.7 Å². The minimum absolute atomic E-state index is 0. The second-order valence-electron chi connectivity index (χ2n) is 13.4. The molecule has 0 aliphatic heterocycles. The SMILES string of the molecule is Cc1cccc(C)c1-c1ccc2c3ccc(Oc4[c-]c5c(cc4)c4ccccc4n4ccnc54)[c-]c3c3ncc(-c4c(C)cccc4C)n3c2n1.[Pt+2]. The fraction of sp³-hybridized carbons (Fsp3) is 0.0889. The molecule has 0 atom stereocenters. The molecule has 0 N–H and O–H groups in total. The standard InChI is InChI=1S/C45H31N5O.Pt/c1-26-9-7-10-27(2)41(26)38-20-19-35-33-18-16-31(24-37(33)44-47-25-40(50(44)45(35)48-38)42-28(3)11-8-12-29(42)4)51-30-15-17-32-34-13-5-6-14-39(34)49-22-21-46-43(49)36(32)23-30;/h5-22,25H,1-4H3;/q-2;+2. The zero-order valence-corrected chi connectivity index (χ0v) is 31.2. The fourth-order valence-corrected chi connectivity index (χ4v) is 7.91. The predicted molar refractivity (Wildman–Crippen MR) is 206 cm³/mol. The number of hydrogen-bond donors (Lipinski definition) is 0. The Kier molecular flexibility index (Phi) is 7.49. The maximum absolute atomic E-state index is 6.53. The molecule has 252 valence electrons. The first kappa shape index (κ1) is 32.1. The minimum atomic E-state index is 0. The molecule has 0 spiro atoms. The molecule has 7 heteroatoms. The van der Waals surface area contributed by atoms with Crippen LogP contribution < -0.4 is 4.74 Å². The van der Waals surface area contributed by atoms with E-state index in [4.69, 9.17) is 14.7 Å². The number of pyridine rings is 3. The van der Waals surface area contributed by atoms with Gasteiger partial charge in [-0.15, -0.1) is 12.1 Å². The molecule has 10 rings (SSSR count). The van der Waals surface area contributed by atoms with Gasteiger partial charge in [0.2, 0.25) is 0 Å². The number of fused-ring (bicyclic) bond motifs is 12. The van der Waals surface area contributed by atoms with E-state index >= 15 is 0 Å². The first-order valence-electron chi connectivity index (χ1n) is 17.1. The smallest absolute Gasteiger partial charge is 0.497 e. The average molecular weight is 853 g/mol. The number of para-hydroxylation sites is 1. The van der Waals surface area contributed by atoms with Gasteiger partial charge >= 0.3 is 21.1 Å². The van der Waals surface area contributed by atoms with Crippen LogP contribution in [0.3, 0.4) is 0 Å². The fourth-order valence-electron chi connectivity index (χ4n) is 7.91. The topological polar surface area (TPSA) is 56.7 Å². The van der Waals surface area contributed by atoms with Crippen molar-refractivity contribution in [2.75, 3.05) is 0 Å². The molecule has 0 amide bonds. The number of ether oxygens (including phenoxy) is 1. The van der Waals surface area contributed by atoms with Crippen molar-refractivity contribution in [2.24, 2.45) is 0 Å². The normalized spacial score (nSPS) is 11.7. The van der Waals surface area contributed by atoms with Crippen molar-refractivity contribution >= 4 is 54.8 Å². The van der Waals surface area contributed by atoms with Gasteiger partial charge in [0, 0.05) is 46.7 Å². The van der Waals surface area contributed by atoms with Crippen LogP contribution in [-0.4, -0.2) is 23.8 Å². The summed E-state index contributed by atoms with van der Waals surface area (Å²) in [5.41, 5.74) is 12.6. The van der Waals surface area contributed by atoms with Crippen molar-refractivity contribution in [3.63, 3.8) is 0 Å². The van der Waals surface area contributed by atoms with Gasteiger partial charge in [-0.05, 0) is 72.9 Å². The number of hydrogen-bond acceptors (Lipinski definition) is 4. The van der Waals surface area contributed by atoms with E-state index in [2.05, 4.69) is 139 Å². The molecule has 0 unspecified atom stereocenters. The summed E-state index contributed by atoms with van der Waals surface area (Å²) in [7, 11) is 0. The molecule has 0 saturated carbocycles. The number of benzene rings is 5. The molecule has 0 saturated heterocycles. The first-order chi connectivity index (χ1) is 24.9. The monoisotopic (exact) mass is 852 g/mol. The molecule has 5 aromatic carbocycles. The largest absolute Gasteiger partial charge is 2.00 e. The molecule has 5 aromatic heterocycles. The summed E-state index contributed by atoms with van der Waals surface area (Å²) in [6.07, 6.45) is 5.78. The van der Waals surface area contributed by atoms with Crippen molar-refractivity contribution in [2.45, 2.75) is 27.7 Å². The van der Waals surface area contributed by atoms with Crippen LogP contribution in [0.15, 0.2) is 116 Å². The van der Waals surface area contributed by atoms with E-state index in [9.17, 15) is 0 Å². The predicted octanol–water partition coefficient (Wildman–Crippen LogP) is 10.9. The van der Waals surface area contributed by atoms with Gasteiger partial charge in [0.1, 0.15) is 5.65 Å². The van der Waals surface area contributed by atoms with E-state index in [0.717, 1.165) is 77.3 Å². The van der Waals surface area contributed by atoms with Crippen molar-refractivity contribution < 1.29 is 25.8 Å². The van der Waals surface area contributed by atoms with Gasteiger partial charge in [0.15, 0.2) is 0 Å². The zero-order valence-electron chi connectivity index (χ0n) is 28.9. The van der Waals surface area contributed by atoms with Gasteiger partial charge in [-0.2, -0.15) is 0 Å². The Morgan fingerprint density at radius 2 is 1.17 bits per heavy atom. The molecule has 5 heterocycles. The van der Waals surface area contributed by atoms with Crippen LogP contribution >= 0.6 is 0 Å². The average Bonchev–Trinajstić information content (AvgIpc) is 3.81. The van der Waals surface area contributed by atoms with E-state index in [1.165, 1.54) is 22.3 Å². The Morgan fingerprint density at radius 3 is 1.88 bits per heavy atom. The van der Waals surface area contributed by atoms with Crippen LogP contribution in [0.5, 0.6) is 11.5 Å². The summed E-state index contributed by atoms with van der Waals surface area (Å²) >= 11 is 0. The summed E-state index contributed by atoms with van der Waals surface area (Å²) in [6.45, 7) is 8.59. The van der Waals surface area contributed by atoms with Gasteiger partial charge in [-0.3, -0.25) is 9.97 Å². The molecular formula is C45H31N5OPt. The van der Waals surface area contributed by atoms with Crippen LogP contribution in [0.4, 0.5) is 0 Å². The number of imidazole rings is 2. The van der Waals surface area contributed by atoms with E-state index in [0.29, 0.717) is 11.5 Å². The van der Waals surface area contributed by atoms with Gasteiger partial charge < -0.3 is 13.5 Å². The molecule has 0 bridgehead atoms. The van der Waals surface area contributed by atoms with Gasteiger partial charge in [-0.1, -0.05) is 106 Å². The molecule has 0 fully saturated rings. The quantitative estimate of drug-likeness (QED) is 0.131. The minimum Gasteiger partial charge on any atom is -0.497 e. The van der Waals surface area contributed by atoms with Crippen molar-refractivity contribution in [3.05, 3.63) is 150 Å². The van der Waals surface area contributed by atoms with E-state index in [-0.39, 0.29) is 21.1 Å². The Labute approximate surface area is 314 Å². The Hall–Kier alpha value is -5.84. The number of nitrogens with zero attached hydrogens (tertiary/aromatic N) is 5. The summed E-state index contributed by atoms with van der Waals surface area (Å²) in [4.78, 5) is 15.1. The number of rotatable bonds is 4. The summed E-state index contributed by atoms with van der Waals surface area (Å²) in [5.74, 6) is 1.17. The summed E-state index contributed by atoms with van der Waals surface area (Å²) in [5, 5.41) is 6.02. The number of aryl methyl sites for hydroxylation is 4. The maximum Gasteiger partial charge on any atom is 2.00 e. The Morgan fingerprint density at radius 1 is 0.558 bits per heavy atom. The van der Waals surface area contributed by atoms with Crippen molar-refractivity contribution in [1.29, 1.82) is 0 Å². The van der Waals surface area contributed by atoms with Crippen LogP contribution in [0.1, 0.15) is 22.3 Å². The van der Waals surface area contributed by atoms with Crippen LogP contribution in [-0.2, 0) is 21.1 Å². The third-order valence-electron chi connectivity index (χ3n) is 10.2. The van der Waals surface area contributed by atoms with E-state index in [1.54, 1.807) is 0 Å². The van der Waals surface area contributed by atoms with Gasteiger partial charge in [0.25, 0.3) is 0 Å². The Bertz CT molecular complexity index is 3030. The van der Waals surface area contributed by atoms with Crippen molar-refractivity contribution in [3.8, 4) is 34.0 Å². The molecule has 10 aromatic rings. The second kappa shape index (κ2) is 12.1.